The molecule has 5 amide bonds. The van der Waals surface area contributed by atoms with Gasteiger partial charge in [-0.25, -0.2) is 9.59 Å². The molecule has 3 N–H and O–H groups in total. The second-order valence-corrected chi connectivity index (χ2v) is 17.9. The van der Waals surface area contributed by atoms with E-state index in [0.29, 0.717) is 89.7 Å². The first-order valence-corrected chi connectivity index (χ1v) is 22.8. The zero-order valence-corrected chi connectivity index (χ0v) is 36.5. The Morgan fingerprint density at radius 1 is 0.857 bits per heavy atom. The zero-order valence-electron chi connectivity index (χ0n) is 35.7. The van der Waals surface area contributed by atoms with Gasteiger partial charge in [-0.05, 0) is 112 Å². The summed E-state index contributed by atoms with van der Waals surface area (Å²) >= 11 is 6.16. The van der Waals surface area contributed by atoms with Gasteiger partial charge >= 0.3 is 24.3 Å². The number of likely N-dealkylation sites (tertiary alicyclic amines) is 4. The first-order valence-electron chi connectivity index (χ1n) is 22.4. The monoisotopic (exact) mass is 901 g/mol. The average molecular weight is 902 g/mol. The standard InChI is InChI=1S/C45H59ClF3N7O7/c46-36-28-30(27-35(41(36)50)45(47,48)49)29-38(63-44(61)55-23-13-34(14-24-55)56-25-12-33-5-1-2-6-37(33)51-43(56)60)42(59)54-21-10-32(11-22-54)31-8-18-52(19-9-31)20-15-40(58)62-26-4-17-53-16-3-7-39(53)57/h1-2,5-6,27-28,31-32,34,38H,3-4,7-26,29,50H2,(H,51,60)/t38-/m1/s1. The van der Waals surface area contributed by atoms with Crippen LogP contribution in [-0.4, -0.2) is 139 Å². The van der Waals surface area contributed by atoms with E-state index in [1.807, 2.05) is 29.2 Å². The van der Waals surface area contributed by atoms with Crippen molar-refractivity contribution in [2.45, 2.75) is 95.4 Å². The number of amides is 5. The number of carbonyl (C=O) groups is 5. The number of nitrogen functional groups attached to an aromatic ring is 1. The molecule has 0 bridgehead atoms. The van der Waals surface area contributed by atoms with E-state index in [1.165, 1.54) is 11.0 Å². The van der Waals surface area contributed by atoms with Crippen molar-refractivity contribution in [1.82, 2.24) is 24.5 Å². The molecule has 0 spiro atoms. The van der Waals surface area contributed by atoms with Crippen LogP contribution in [0.5, 0.6) is 0 Å². The van der Waals surface area contributed by atoms with E-state index in [1.54, 1.807) is 9.80 Å². The van der Waals surface area contributed by atoms with Crippen molar-refractivity contribution in [3.05, 3.63) is 58.1 Å². The predicted molar refractivity (Wildman–Crippen MR) is 230 cm³/mol. The zero-order chi connectivity index (χ0) is 44.7. The number of rotatable bonds is 13. The molecule has 5 heterocycles. The van der Waals surface area contributed by atoms with Crippen LogP contribution in [0.1, 0.15) is 80.9 Å². The van der Waals surface area contributed by atoms with Crippen molar-refractivity contribution >= 4 is 52.9 Å². The first kappa shape index (κ1) is 46.2. The molecule has 5 aliphatic heterocycles. The van der Waals surface area contributed by atoms with Crippen LogP contribution in [0, 0.1) is 11.8 Å². The van der Waals surface area contributed by atoms with E-state index in [9.17, 15) is 37.1 Å². The number of urea groups is 1. The number of esters is 1. The highest BCUT2D eigenvalue weighted by Gasteiger charge is 2.39. The van der Waals surface area contributed by atoms with Crippen LogP contribution < -0.4 is 11.1 Å². The molecule has 0 saturated carbocycles. The Hall–Kier alpha value is -4.77. The van der Waals surface area contributed by atoms with E-state index in [-0.39, 0.29) is 54.0 Å². The number of ether oxygens (including phenoxy) is 2. The lowest BCUT2D eigenvalue weighted by Crippen LogP contribution is -2.52. The van der Waals surface area contributed by atoms with Crippen LogP contribution in [0.25, 0.3) is 0 Å². The molecule has 18 heteroatoms. The van der Waals surface area contributed by atoms with Gasteiger partial charge in [0.1, 0.15) is 0 Å². The van der Waals surface area contributed by atoms with Gasteiger partial charge in [-0.2, -0.15) is 13.2 Å². The molecular weight excluding hydrogens is 843 g/mol. The third-order valence-electron chi connectivity index (χ3n) is 13.5. The van der Waals surface area contributed by atoms with E-state index >= 15 is 0 Å². The van der Waals surface area contributed by atoms with Crippen LogP contribution in [0.3, 0.4) is 0 Å². The molecule has 0 aliphatic carbocycles. The Bertz CT molecular complexity index is 1970. The number of piperidine rings is 3. The number of para-hydroxylation sites is 1. The molecule has 2 aromatic carbocycles. The van der Waals surface area contributed by atoms with Gasteiger partial charge in [-0.3, -0.25) is 14.4 Å². The highest BCUT2D eigenvalue weighted by atomic mass is 35.5. The van der Waals surface area contributed by atoms with Crippen molar-refractivity contribution in [2.24, 2.45) is 11.8 Å². The largest absolute Gasteiger partial charge is 0.466 e. The van der Waals surface area contributed by atoms with Crippen LogP contribution in [0.4, 0.5) is 34.1 Å². The number of anilines is 2. The number of benzene rings is 2. The highest BCUT2D eigenvalue weighted by molar-refractivity contribution is 6.33. The summed E-state index contributed by atoms with van der Waals surface area (Å²) in [6, 6.07) is 9.48. The second-order valence-electron chi connectivity index (χ2n) is 17.5. The number of nitrogens with one attached hydrogen (secondary N) is 1. The Morgan fingerprint density at radius 3 is 2.22 bits per heavy atom. The molecule has 5 aliphatic rings. The summed E-state index contributed by atoms with van der Waals surface area (Å²) < 4.78 is 53.2. The molecule has 7 rings (SSSR count). The van der Waals surface area contributed by atoms with E-state index in [2.05, 4.69) is 10.2 Å². The molecule has 1 atom stereocenters. The minimum Gasteiger partial charge on any atom is -0.466 e. The third-order valence-corrected chi connectivity index (χ3v) is 13.8. The molecule has 344 valence electrons. The molecule has 4 fully saturated rings. The van der Waals surface area contributed by atoms with Gasteiger partial charge in [0, 0.05) is 76.9 Å². The van der Waals surface area contributed by atoms with Gasteiger partial charge in [0.25, 0.3) is 5.91 Å². The predicted octanol–water partition coefficient (Wildman–Crippen LogP) is 6.44. The fourth-order valence-corrected chi connectivity index (χ4v) is 10.1. The van der Waals surface area contributed by atoms with Crippen LogP contribution in [0.15, 0.2) is 36.4 Å². The molecule has 14 nitrogen and oxygen atoms in total. The van der Waals surface area contributed by atoms with Crippen LogP contribution in [0.2, 0.25) is 5.02 Å². The lowest BCUT2D eigenvalue weighted by Gasteiger charge is -2.41. The van der Waals surface area contributed by atoms with Crippen molar-refractivity contribution in [2.75, 3.05) is 83.1 Å². The molecule has 0 unspecified atom stereocenters. The Kier molecular flexibility index (Phi) is 15.3. The smallest absolute Gasteiger partial charge is 0.418 e. The number of hydrogen-bond donors (Lipinski definition) is 2. The number of alkyl halides is 3. The van der Waals surface area contributed by atoms with Crippen molar-refractivity contribution in [3.8, 4) is 0 Å². The average Bonchev–Trinajstić information content (AvgIpc) is 3.61. The lowest BCUT2D eigenvalue weighted by molar-refractivity contribution is -0.144. The van der Waals surface area contributed by atoms with Gasteiger partial charge in [0.2, 0.25) is 5.91 Å². The summed E-state index contributed by atoms with van der Waals surface area (Å²) in [5.41, 5.74) is 5.85. The van der Waals surface area contributed by atoms with Gasteiger partial charge in [0.15, 0.2) is 6.10 Å². The summed E-state index contributed by atoms with van der Waals surface area (Å²) in [4.78, 5) is 74.3. The maximum Gasteiger partial charge on any atom is 0.418 e. The van der Waals surface area contributed by atoms with E-state index in [4.69, 9.17) is 26.8 Å². The second kappa shape index (κ2) is 20.8. The SMILES string of the molecule is Nc1c(Cl)cc(C[C@@H](OC(=O)N2CCC(N3CCc4ccccc4NC3=O)CC2)C(=O)N2CCC(C3CCN(CCC(=O)OCCCN4CCCC4=O)CC3)CC2)cc1C(F)(F)F. The number of hydrogen-bond acceptors (Lipinski definition) is 9. The van der Waals surface area contributed by atoms with Crippen molar-refractivity contribution in [1.29, 1.82) is 0 Å². The normalized spacial score (nSPS) is 20.3. The van der Waals surface area contributed by atoms with Gasteiger partial charge in [-0.1, -0.05) is 29.8 Å². The lowest BCUT2D eigenvalue weighted by atomic mass is 9.78. The summed E-state index contributed by atoms with van der Waals surface area (Å²) in [5, 5.41) is 2.68. The molecule has 0 radical (unpaired) electrons. The summed E-state index contributed by atoms with van der Waals surface area (Å²) in [6.45, 7) is 5.92. The maximum absolute atomic E-state index is 14.2. The minimum atomic E-state index is -4.79. The summed E-state index contributed by atoms with van der Waals surface area (Å²) in [6.07, 6.45) is 0.214. The highest BCUT2D eigenvalue weighted by Crippen LogP contribution is 2.39. The molecule has 2 aromatic rings. The Balaban J connectivity index is 0.902. The van der Waals surface area contributed by atoms with E-state index < -0.39 is 35.5 Å². The molecular formula is C45H59ClF3N7O7. The number of halogens is 4. The van der Waals surface area contributed by atoms with Gasteiger partial charge < -0.3 is 45.0 Å². The fourth-order valence-electron chi connectivity index (χ4n) is 9.86. The van der Waals surface area contributed by atoms with E-state index in [0.717, 1.165) is 69.1 Å². The minimum absolute atomic E-state index is 0.0599. The van der Waals surface area contributed by atoms with Gasteiger partial charge in [0.05, 0.1) is 29.3 Å². The molecule has 4 saturated heterocycles. The summed E-state index contributed by atoms with van der Waals surface area (Å²) in [7, 11) is 0. The Labute approximate surface area is 371 Å². The summed E-state index contributed by atoms with van der Waals surface area (Å²) in [5.74, 6) is 0.269. The van der Waals surface area contributed by atoms with Gasteiger partial charge in [-0.15, -0.1) is 0 Å². The maximum atomic E-state index is 14.2. The number of nitrogens with zero attached hydrogens (tertiary/aromatic N) is 5. The number of nitrogens with two attached hydrogens (primary N) is 1. The number of carbonyl (C=O) groups excluding carboxylic acids is 5. The molecule has 0 aromatic heterocycles. The van der Waals surface area contributed by atoms with Crippen LogP contribution in [-0.2, 0) is 42.9 Å². The third kappa shape index (κ3) is 11.9. The fraction of sp³-hybridized carbons (Fsp3) is 0.622. The van der Waals surface area contributed by atoms with Crippen molar-refractivity contribution < 1.29 is 46.6 Å². The van der Waals surface area contributed by atoms with Crippen LogP contribution >= 0.6 is 11.6 Å². The topological polar surface area (TPSA) is 158 Å². The first-order chi connectivity index (χ1) is 30.2. The van der Waals surface area contributed by atoms with Crippen molar-refractivity contribution in [3.63, 3.8) is 0 Å². The number of fused-ring (bicyclic) bond motifs is 1. The quantitative estimate of drug-likeness (QED) is 0.131. The molecule has 63 heavy (non-hydrogen) atoms. The Morgan fingerprint density at radius 2 is 1.54 bits per heavy atom.